The summed E-state index contributed by atoms with van der Waals surface area (Å²) < 4.78 is 0. The van der Waals surface area contributed by atoms with Gasteiger partial charge in [0, 0.05) is 24.8 Å². The maximum absolute atomic E-state index is 5.32. The van der Waals surface area contributed by atoms with Crippen molar-refractivity contribution in [2.24, 2.45) is 5.73 Å². The number of aromatic nitrogens is 2. The maximum atomic E-state index is 5.32. The van der Waals surface area contributed by atoms with Crippen LogP contribution in [0.2, 0.25) is 0 Å². The average Bonchev–Trinajstić information content (AvgIpc) is 2.11. The Labute approximate surface area is 84.3 Å². The predicted molar refractivity (Wildman–Crippen MR) is 58.2 cm³/mol. The fourth-order valence-electron chi connectivity index (χ4n) is 1.15. The highest BCUT2D eigenvalue weighted by molar-refractivity contribution is 5.36. The number of nitrogens with two attached hydrogens (primary N) is 1. The van der Waals surface area contributed by atoms with Gasteiger partial charge in [0.05, 0.1) is 0 Å². The van der Waals surface area contributed by atoms with Crippen LogP contribution < -0.4 is 11.1 Å². The number of aryl methyl sites for hydroxylation is 2. The lowest BCUT2D eigenvalue weighted by Crippen LogP contribution is -2.04. The van der Waals surface area contributed by atoms with E-state index in [2.05, 4.69) is 15.3 Å². The molecule has 0 aliphatic heterocycles. The summed E-state index contributed by atoms with van der Waals surface area (Å²) in [6, 6.07) is 1.92. The molecule has 1 rings (SSSR count). The van der Waals surface area contributed by atoms with Crippen molar-refractivity contribution in [2.45, 2.75) is 13.8 Å². The molecular formula is C10H16N4. The van der Waals surface area contributed by atoms with Gasteiger partial charge in [-0.05, 0) is 13.8 Å². The lowest BCUT2D eigenvalue weighted by atomic mass is 10.4. The Morgan fingerprint density at radius 2 is 2.14 bits per heavy atom. The summed E-state index contributed by atoms with van der Waals surface area (Å²) in [7, 11) is 0. The minimum Gasteiger partial charge on any atom is -0.366 e. The van der Waals surface area contributed by atoms with E-state index >= 15 is 0 Å². The quantitative estimate of drug-likeness (QED) is 0.699. The second-order valence-electron chi connectivity index (χ2n) is 3.03. The van der Waals surface area contributed by atoms with Gasteiger partial charge in [-0.25, -0.2) is 9.97 Å². The Bertz CT molecular complexity index is 300. The van der Waals surface area contributed by atoms with E-state index in [1.54, 1.807) is 0 Å². The largest absolute Gasteiger partial charge is 0.366 e. The maximum Gasteiger partial charge on any atom is 0.130 e. The van der Waals surface area contributed by atoms with Gasteiger partial charge in [-0.15, -0.1) is 0 Å². The normalized spacial score (nSPS) is 10.8. The standard InChI is InChI=1S/C10H16N4/c1-8-7-10(14-9(2)13-8)12-6-4-3-5-11/h3-4,7H,5-6,11H2,1-2H3,(H,12,13,14)/b4-3+. The topological polar surface area (TPSA) is 63.8 Å². The first-order valence-electron chi connectivity index (χ1n) is 4.63. The average molecular weight is 192 g/mol. The second-order valence-corrected chi connectivity index (χ2v) is 3.03. The zero-order valence-electron chi connectivity index (χ0n) is 8.62. The summed E-state index contributed by atoms with van der Waals surface area (Å²) >= 11 is 0. The van der Waals surface area contributed by atoms with Crippen molar-refractivity contribution in [3.05, 3.63) is 29.7 Å². The van der Waals surface area contributed by atoms with Crippen LogP contribution in [0.15, 0.2) is 18.2 Å². The van der Waals surface area contributed by atoms with E-state index in [1.807, 2.05) is 32.1 Å². The van der Waals surface area contributed by atoms with E-state index in [0.29, 0.717) is 6.54 Å². The molecular weight excluding hydrogens is 176 g/mol. The lowest BCUT2D eigenvalue weighted by molar-refractivity contribution is 1.01. The molecule has 3 N–H and O–H groups in total. The number of hydrogen-bond donors (Lipinski definition) is 2. The molecule has 0 aliphatic rings. The molecule has 0 fully saturated rings. The summed E-state index contributed by atoms with van der Waals surface area (Å²) in [5.74, 6) is 1.65. The molecule has 1 heterocycles. The number of hydrogen-bond acceptors (Lipinski definition) is 4. The van der Waals surface area contributed by atoms with E-state index in [0.717, 1.165) is 23.9 Å². The summed E-state index contributed by atoms with van der Waals surface area (Å²) in [5.41, 5.74) is 6.29. The number of nitrogens with one attached hydrogen (secondary N) is 1. The monoisotopic (exact) mass is 192 g/mol. The van der Waals surface area contributed by atoms with E-state index in [-0.39, 0.29) is 0 Å². The summed E-state index contributed by atoms with van der Waals surface area (Å²) in [6.07, 6.45) is 3.89. The molecule has 4 nitrogen and oxygen atoms in total. The van der Waals surface area contributed by atoms with Gasteiger partial charge in [0.2, 0.25) is 0 Å². The van der Waals surface area contributed by atoms with Gasteiger partial charge in [0.15, 0.2) is 0 Å². The highest BCUT2D eigenvalue weighted by Gasteiger charge is 1.95. The molecule has 0 aromatic carbocycles. The van der Waals surface area contributed by atoms with Crippen LogP contribution in [-0.4, -0.2) is 23.1 Å². The van der Waals surface area contributed by atoms with Crippen LogP contribution in [0.4, 0.5) is 5.82 Å². The fraction of sp³-hybridized carbons (Fsp3) is 0.400. The molecule has 1 aromatic rings. The molecule has 0 radical (unpaired) electrons. The molecule has 0 aliphatic carbocycles. The van der Waals surface area contributed by atoms with Crippen molar-refractivity contribution >= 4 is 5.82 Å². The molecule has 0 amide bonds. The molecule has 76 valence electrons. The smallest absolute Gasteiger partial charge is 0.130 e. The molecule has 0 spiro atoms. The van der Waals surface area contributed by atoms with Crippen molar-refractivity contribution in [1.29, 1.82) is 0 Å². The van der Waals surface area contributed by atoms with Gasteiger partial charge in [0.1, 0.15) is 11.6 Å². The lowest BCUT2D eigenvalue weighted by Gasteiger charge is -2.04. The fourth-order valence-corrected chi connectivity index (χ4v) is 1.15. The summed E-state index contributed by atoms with van der Waals surface area (Å²) in [5, 5.41) is 3.17. The van der Waals surface area contributed by atoms with Gasteiger partial charge in [-0.1, -0.05) is 12.2 Å². The van der Waals surface area contributed by atoms with Gasteiger partial charge < -0.3 is 11.1 Å². The van der Waals surface area contributed by atoms with E-state index < -0.39 is 0 Å². The molecule has 0 saturated heterocycles. The Balaban J connectivity index is 2.54. The van der Waals surface area contributed by atoms with Crippen molar-refractivity contribution in [3.8, 4) is 0 Å². The SMILES string of the molecule is Cc1cc(NC/C=C/CN)nc(C)n1. The Morgan fingerprint density at radius 1 is 1.36 bits per heavy atom. The zero-order chi connectivity index (χ0) is 10.4. The molecule has 0 saturated carbocycles. The zero-order valence-corrected chi connectivity index (χ0v) is 8.62. The third-order valence-electron chi connectivity index (χ3n) is 1.67. The molecule has 1 aromatic heterocycles. The molecule has 0 atom stereocenters. The number of nitrogens with zero attached hydrogens (tertiary/aromatic N) is 2. The molecule has 0 unspecified atom stereocenters. The molecule has 14 heavy (non-hydrogen) atoms. The molecule has 4 heteroatoms. The first kappa shape index (κ1) is 10.7. The predicted octanol–water partition coefficient (Wildman–Crippen LogP) is 1.02. The minimum atomic E-state index is 0.573. The van der Waals surface area contributed by atoms with Crippen molar-refractivity contribution in [2.75, 3.05) is 18.4 Å². The van der Waals surface area contributed by atoms with Crippen LogP contribution >= 0.6 is 0 Å². The van der Waals surface area contributed by atoms with Gasteiger partial charge in [0.25, 0.3) is 0 Å². The first-order chi connectivity index (χ1) is 6.72. The van der Waals surface area contributed by atoms with Crippen LogP contribution in [0.25, 0.3) is 0 Å². The van der Waals surface area contributed by atoms with Crippen LogP contribution in [0.1, 0.15) is 11.5 Å². The van der Waals surface area contributed by atoms with Crippen molar-refractivity contribution in [1.82, 2.24) is 9.97 Å². The first-order valence-corrected chi connectivity index (χ1v) is 4.63. The Morgan fingerprint density at radius 3 is 2.79 bits per heavy atom. The third-order valence-corrected chi connectivity index (χ3v) is 1.67. The van der Waals surface area contributed by atoms with Gasteiger partial charge >= 0.3 is 0 Å². The second kappa shape index (κ2) is 5.34. The van der Waals surface area contributed by atoms with Crippen LogP contribution in [0.5, 0.6) is 0 Å². The summed E-state index contributed by atoms with van der Waals surface area (Å²) in [4.78, 5) is 8.43. The van der Waals surface area contributed by atoms with E-state index in [9.17, 15) is 0 Å². The summed E-state index contributed by atoms with van der Waals surface area (Å²) in [6.45, 7) is 5.15. The van der Waals surface area contributed by atoms with Crippen molar-refractivity contribution < 1.29 is 0 Å². The number of anilines is 1. The molecule has 0 bridgehead atoms. The third kappa shape index (κ3) is 3.53. The Kier molecular flexibility index (Phi) is 4.07. The van der Waals surface area contributed by atoms with Crippen LogP contribution in [0.3, 0.4) is 0 Å². The highest BCUT2D eigenvalue weighted by Crippen LogP contribution is 2.04. The minimum absolute atomic E-state index is 0.573. The van der Waals surface area contributed by atoms with Crippen molar-refractivity contribution in [3.63, 3.8) is 0 Å². The van der Waals surface area contributed by atoms with E-state index in [4.69, 9.17) is 5.73 Å². The van der Waals surface area contributed by atoms with Gasteiger partial charge in [-0.2, -0.15) is 0 Å². The number of rotatable bonds is 4. The van der Waals surface area contributed by atoms with E-state index in [1.165, 1.54) is 0 Å². The van der Waals surface area contributed by atoms with Gasteiger partial charge in [-0.3, -0.25) is 0 Å². The Hall–Kier alpha value is -1.42. The van der Waals surface area contributed by atoms with Crippen LogP contribution in [0, 0.1) is 13.8 Å². The highest BCUT2D eigenvalue weighted by atomic mass is 15.0. The van der Waals surface area contributed by atoms with Crippen LogP contribution in [-0.2, 0) is 0 Å².